The second kappa shape index (κ2) is 11.9. The van der Waals surface area contributed by atoms with Gasteiger partial charge in [-0.3, -0.25) is 4.98 Å². The number of benzene rings is 2. The number of nitrogens with zero attached hydrogens (tertiary/aromatic N) is 2. The van der Waals surface area contributed by atoms with Gasteiger partial charge in [-0.25, -0.2) is 4.39 Å². The summed E-state index contributed by atoms with van der Waals surface area (Å²) in [6, 6.07) is 19.4. The van der Waals surface area contributed by atoms with Crippen LogP contribution in [0.4, 0.5) is 10.1 Å². The van der Waals surface area contributed by atoms with Gasteiger partial charge in [-0.05, 0) is 74.0 Å². The molecule has 0 amide bonds. The molecule has 2 aromatic carbocycles. The fourth-order valence-electron chi connectivity index (χ4n) is 3.97. The van der Waals surface area contributed by atoms with Gasteiger partial charge in [0.2, 0.25) is 0 Å². The molecule has 2 heterocycles. The van der Waals surface area contributed by atoms with Crippen molar-refractivity contribution >= 4 is 30.5 Å². The number of hydrogen-bond donors (Lipinski definition) is 1. The lowest BCUT2D eigenvalue weighted by Gasteiger charge is -2.37. The quantitative estimate of drug-likeness (QED) is 0.523. The average Bonchev–Trinajstić information content (AvgIpc) is 2.78. The summed E-state index contributed by atoms with van der Waals surface area (Å²) >= 11 is 0. The van der Waals surface area contributed by atoms with Gasteiger partial charge in [0.25, 0.3) is 0 Å². The van der Waals surface area contributed by atoms with Crippen LogP contribution < -0.4 is 15.0 Å². The minimum absolute atomic E-state index is 0. The van der Waals surface area contributed by atoms with Crippen LogP contribution in [-0.4, -0.2) is 31.2 Å². The SMILES string of the molecule is COc1ccc(N(Cc2cccnc2-c2cccc(F)c2)C2CCNCC2)cc1.Cl.Cl. The van der Waals surface area contributed by atoms with Gasteiger partial charge >= 0.3 is 0 Å². The van der Waals surface area contributed by atoms with Gasteiger partial charge in [-0.15, -0.1) is 24.8 Å². The number of methoxy groups -OCH3 is 1. The van der Waals surface area contributed by atoms with E-state index in [0.29, 0.717) is 6.04 Å². The highest BCUT2D eigenvalue weighted by Gasteiger charge is 2.23. The Morgan fingerprint density at radius 1 is 1.03 bits per heavy atom. The van der Waals surface area contributed by atoms with E-state index < -0.39 is 0 Å². The summed E-state index contributed by atoms with van der Waals surface area (Å²) < 4.78 is 19.1. The maximum absolute atomic E-state index is 13.8. The number of aromatic nitrogens is 1. The molecule has 31 heavy (non-hydrogen) atoms. The number of nitrogens with one attached hydrogen (secondary N) is 1. The largest absolute Gasteiger partial charge is 0.497 e. The predicted molar refractivity (Wildman–Crippen MR) is 129 cm³/mol. The van der Waals surface area contributed by atoms with Crippen molar-refractivity contribution in [2.75, 3.05) is 25.1 Å². The molecule has 0 aliphatic carbocycles. The highest BCUT2D eigenvalue weighted by atomic mass is 35.5. The second-order valence-corrected chi connectivity index (χ2v) is 7.33. The van der Waals surface area contributed by atoms with E-state index >= 15 is 0 Å². The van der Waals surface area contributed by atoms with E-state index in [9.17, 15) is 4.39 Å². The summed E-state index contributed by atoms with van der Waals surface area (Å²) in [5.74, 6) is 0.602. The molecule has 1 fully saturated rings. The van der Waals surface area contributed by atoms with Gasteiger partial charge in [-0.2, -0.15) is 0 Å². The predicted octanol–water partition coefficient (Wildman–Crippen LogP) is 5.50. The normalized spacial score (nSPS) is 13.6. The number of pyridine rings is 1. The minimum Gasteiger partial charge on any atom is -0.497 e. The molecule has 1 N–H and O–H groups in total. The third-order valence-electron chi connectivity index (χ3n) is 5.48. The fraction of sp³-hybridized carbons (Fsp3) is 0.292. The Hall–Kier alpha value is -2.34. The number of hydrogen-bond acceptors (Lipinski definition) is 4. The second-order valence-electron chi connectivity index (χ2n) is 7.33. The van der Waals surface area contributed by atoms with E-state index in [2.05, 4.69) is 33.4 Å². The molecule has 1 saturated heterocycles. The molecule has 7 heteroatoms. The lowest BCUT2D eigenvalue weighted by Crippen LogP contribution is -2.43. The Bertz CT molecular complexity index is 950. The molecule has 0 radical (unpaired) electrons. The molecular weight excluding hydrogens is 436 g/mol. The van der Waals surface area contributed by atoms with Crippen molar-refractivity contribution in [1.82, 2.24) is 10.3 Å². The van der Waals surface area contributed by atoms with Gasteiger partial charge in [0, 0.05) is 30.0 Å². The lowest BCUT2D eigenvalue weighted by molar-refractivity contribution is 0.413. The van der Waals surface area contributed by atoms with Gasteiger partial charge < -0.3 is 15.0 Å². The Labute approximate surface area is 195 Å². The first-order valence-electron chi connectivity index (χ1n) is 10.1. The van der Waals surface area contributed by atoms with E-state index in [1.165, 1.54) is 6.07 Å². The Morgan fingerprint density at radius 3 is 2.45 bits per heavy atom. The van der Waals surface area contributed by atoms with Gasteiger partial charge in [0.05, 0.1) is 12.8 Å². The highest BCUT2D eigenvalue weighted by molar-refractivity contribution is 5.85. The molecule has 1 aliphatic heterocycles. The first-order valence-corrected chi connectivity index (χ1v) is 10.1. The molecule has 4 nitrogen and oxygen atoms in total. The Balaban J connectivity index is 0.00000171. The molecule has 4 rings (SSSR count). The van der Waals surface area contributed by atoms with Crippen LogP contribution in [0.5, 0.6) is 5.75 Å². The van der Waals surface area contributed by atoms with Crippen LogP contribution in [0.3, 0.4) is 0 Å². The molecule has 3 aromatic rings. The minimum atomic E-state index is -0.246. The monoisotopic (exact) mass is 463 g/mol. The molecule has 0 saturated carbocycles. The number of halogens is 3. The highest BCUT2D eigenvalue weighted by Crippen LogP contribution is 2.29. The third kappa shape index (κ3) is 6.10. The van der Waals surface area contributed by atoms with E-state index in [-0.39, 0.29) is 30.6 Å². The van der Waals surface area contributed by atoms with Crippen LogP contribution >= 0.6 is 24.8 Å². The van der Waals surface area contributed by atoms with Crippen molar-refractivity contribution in [3.8, 4) is 17.0 Å². The zero-order chi connectivity index (χ0) is 20.1. The molecule has 0 unspecified atom stereocenters. The summed E-state index contributed by atoms with van der Waals surface area (Å²) in [5, 5.41) is 3.45. The van der Waals surface area contributed by atoms with Crippen LogP contribution in [0.2, 0.25) is 0 Å². The number of ether oxygens (including phenoxy) is 1. The number of piperidine rings is 1. The van der Waals surface area contributed by atoms with E-state index in [1.54, 1.807) is 25.4 Å². The van der Waals surface area contributed by atoms with Crippen LogP contribution in [0.15, 0.2) is 66.9 Å². The first kappa shape index (κ1) is 24.9. The Morgan fingerprint density at radius 2 is 1.77 bits per heavy atom. The van der Waals surface area contributed by atoms with Crippen LogP contribution in [0.25, 0.3) is 11.3 Å². The van der Waals surface area contributed by atoms with E-state index in [4.69, 9.17) is 4.74 Å². The van der Waals surface area contributed by atoms with Gasteiger partial charge in [0.15, 0.2) is 0 Å². The van der Waals surface area contributed by atoms with Gasteiger partial charge in [0.1, 0.15) is 11.6 Å². The van der Waals surface area contributed by atoms with E-state index in [0.717, 1.165) is 60.7 Å². The molecule has 1 aliphatic rings. The molecular formula is C24H28Cl2FN3O. The average molecular weight is 464 g/mol. The maximum Gasteiger partial charge on any atom is 0.123 e. The molecule has 0 bridgehead atoms. The van der Waals surface area contributed by atoms with Crippen molar-refractivity contribution in [3.05, 3.63) is 78.2 Å². The first-order chi connectivity index (χ1) is 14.2. The molecule has 0 atom stereocenters. The fourth-order valence-corrected chi connectivity index (χ4v) is 3.97. The lowest BCUT2D eigenvalue weighted by atomic mass is 10.0. The van der Waals surface area contributed by atoms with Crippen molar-refractivity contribution in [1.29, 1.82) is 0 Å². The summed E-state index contributed by atoms with van der Waals surface area (Å²) in [6.45, 7) is 2.75. The smallest absolute Gasteiger partial charge is 0.123 e. The summed E-state index contributed by atoms with van der Waals surface area (Å²) in [5.41, 5.74) is 3.89. The number of rotatable bonds is 6. The van der Waals surface area contributed by atoms with Crippen molar-refractivity contribution in [2.45, 2.75) is 25.4 Å². The summed E-state index contributed by atoms with van der Waals surface area (Å²) in [6.07, 6.45) is 3.94. The Kier molecular flexibility index (Phi) is 9.56. The van der Waals surface area contributed by atoms with Crippen molar-refractivity contribution in [2.24, 2.45) is 0 Å². The van der Waals surface area contributed by atoms with Crippen molar-refractivity contribution < 1.29 is 9.13 Å². The number of anilines is 1. The van der Waals surface area contributed by atoms with E-state index in [1.807, 2.05) is 24.3 Å². The van der Waals surface area contributed by atoms with Crippen LogP contribution in [0.1, 0.15) is 18.4 Å². The zero-order valence-electron chi connectivity index (χ0n) is 17.5. The van der Waals surface area contributed by atoms with Crippen LogP contribution in [0, 0.1) is 5.82 Å². The molecule has 0 spiro atoms. The maximum atomic E-state index is 13.8. The summed E-state index contributed by atoms with van der Waals surface area (Å²) in [7, 11) is 1.68. The zero-order valence-corrected chi connectivity index (χ0v) is 19.1. The topological polar surface area (TPSA) is 37.4 Å². The molecule has 166 valence electrons. The summed E-state index contributed by atoms with van der Waals surface area (Å²) in [4.78, 5) is 7.03. The van der Waals surface area contributed by atoms with Crippen molar-refractivity contribution in [3.63, 3.8) is 0 Å². The van der Waals surface area contributed by atoms with Crippen LogP contribution in [-0.2, 0) is 6.54 Å². The standard InChI is InChI=1S/C24H26FN3O.2ClH/c1-29-23-9-7-21(8-10-23)28(22-11-14-26-15-12-22)17-19-5-3-13-27-24(19)18-4-2-6-20(25)16-18;;/h2-10,13,16,22,26H,11-12,14-15,17H2,1H3;2*1H. The van der Waals surface area contributed by atoms with Gasteiger partial charge in [-0.1, -0.05) is 18.2 Å². The molecule has 1 aromatic heterocycles. The third-order valence-corrected chi connectivity index (χ3v) is 5.48.